The molecule has 0 aromatic heterocycles. The molecule has 0 aliphatic heterocycles. The van der Waals surface area contributed by atoms with E-state index in [4.69, 9.17) is 21.4 Å². The van der Waals surface area contributed by atoms with E-state index in [0.717, 1.165) is 5.56 Å². The van der Waals surface area contributed by atoms with Crippen molar-refractivity contribution in [2.75, 3.05) is 0 Å². The number of benzene rings is 2. The lowest BCUT2D eigenvalue weighted by Gasteiger charge is -2.09. The topological polar surface area (TPSA) is 72.6 Å². The minimum Gasteiger partial charge on any atom is -0.487 e. The number of hydrogen-bond acceptors (Lipinski definition) is 4. The average Bonchev–Trinajstić information content (AvgIpc) is 2.46. The highest BCUT2D eigenvalue weighted by atomic mass is 35.5. The van der Waals surface area contributed by atoms with E-state index in [1.807, 2.05) is 0 Å². The summed E-state index contributed by atoms with van der Waals surface area (Å²) < 4.78 is 5.54. The molecule has 0 amide bonds. The number of halogens is 1. The van der Waals surface area contributed by atoms with Crippen LogP contribution in [-0.2, 0) is 13.2 Å². The second kappa shape index (κ2) is 6.36. The Labute approximate surface area is 120 Å². The second-order valence-corrected chi connectivity index (χ2v) is 4.54. The normalized spacial score (nSPS) is 10.3. The van der Waals surface area contributed by atoms with Crippen molar-refractivity contribution >= 4 is 17.3 Å². The maximum Gasteiger partial charge on any atom is 0.269 e. The van der Waals surface area contributed by atoms with Crippen LogP contribution < -0.4 is 4.74 Å². The molecule has 0 aliphatic carbocycles. The van der Waals surface area contributed by atoms with E-state index in [9.17, 15) is 10.1 Å². The van der Waals surface area contributed by atoms with Crippen LogP contribution in [0, 0.1) is 10.1 Å². The van der Waals surface area contributed by atoms with Gasteiger partial charge < -0.3 is 9.84 Å². The molecule has 2 rings (SSSR count). The summed E-state index contributed by atoms with van der Waals surface area (Å²) >= 11 is 6.02. The van der Waals surface area contributed by atoms with Gasteiger partial charge in [0.15, 0.2) is 0 Å². The third-order valence-electron chi connectivity index (χ3n) is 2.72. The lowest BCUT2D eigenvalue weighted by Crippen LogP contribution is -1.97. The zero-order chi connectivity index (χ0) is 14.5. The lowest BCUT2D eigenvalue weighted by molar-refractivity contribution is -0.384. The third-order valence-corrected chi connectivity index (χ3v) is 3.02. The monoisotopic (exact) mass is 293 g/mol. The molecule has 2 aromatic carbocycles. The molecule has 0 spiro atoms. The van der Waals surface area contributed by atoms with Crippen molar-refractivity contribution in [3.63, 3.8) is 0 Å². The molecule has 0 unspecified atom stereocenters. The summed E-state index contributed by atoms with van der Waals surface area (Å²) in [5, 5.41) is 19.9. The summed E-state index contributed by atoms with van der Waals surface area (Å²) in [4.78, 5) is 10.1. The minimum atomic E-state index is -0.449. The molecular formula is C14H12ClNO4. The van der Waals surface area contributed by atoms with Gasteiger partial charge in [-0.15, -0.1) is 0 Å². The van der Waals surface area contributed by atoms with Gasteiger partial charge in [0.1, 0.15) is 12.4 Å². The quantitative estimate of drug-likeness (QED) is 0.678. The molecule has 0 radical (unpaired) electrons. The molecule has 0 fully saturated rings. The van der Waals surface area contributed by atoms with Gasteiger partial charge in [0, 0.05) is 12.1 Å². The fourth-order valence-corrected chi connectivity index (χ4v) is 1.89. The predicted molar refractivity (Wildman–Crippen MR) is 74.8 cm³/mol. The summed E-state index contributed by atoms with van der Waals surface area (Å²) in [6, 6.07) is 11.1. The SMILES string of the molecule is O=[N+]([O-])c1ccc(COc2ccc(CO)cc2Cl)cc1. The number of nitro groups is 1. The van der Waals surface area contributed by atoms with Gasteiger partial charge in [-0.25, -0.2) is 0 Å². The van der Waals surface area contributed by atoms with Crippen molar-refractivity contribution in [2.24, 2.45) is 0 Å². The van der Waals surface area contributed by atoms with E-state index in [1.165, 1.54) is 12.1 Å². The van der Waals surface area contributed by atoms with E-state index in [1.54, 1.807) is 30.3 Å². The Balaban J connectivity index is 2.03. The summed E-state index contributed by atoms with van der Waals surface area (Å²) in [6.45, 7) is 0.179. The van der Waals surface area contributed by atoms with Crippen LogP contribution in [0.5, 0.6) is 5.75 Å². The molecular weight excluding hydrogens is 282 g/mol. The molecule has 0 saturated carbocycles. The van der Waals surface area contributed by atoms with Crippen molar-refractivity contribution in [1.29, 1.82) is 0 Å². The summed E-state index contributed by atoms with van der Waals surface area (Å²) in [7, 11) is 0. The molecule has 2 aromatic rings. The molecule has 6 heteroatoms. The number of nitro benzene ring substituents is 1. The number of aliphatic hydroxyl groups is 1. The Morgan fingerprint density at radius 2 is 1.80 bits per heavy atom. The van der Waals surface area contributed by atoms with E-state index in [0.29, 0.717) is 16.3 Å². The standard InChI is InChI=1S/C14H12ClNO4/c15-13-7-11(8-17)3-6-14(13)20-9-10-1-4-12(5-2-10)16(18)19/h1-7,17H,8-9H2. The van der Waals surface area contributed by atoms with Gasteiger partial charge in [-0.1, -0.05) is 17.7 Å². The fraction of sp³-hybridized carbons (Fsp3) is 0.143. The average molecular weight is 294 g/mol. The van der Waals surface area contributed by atoms with E-state index in [-0.39, 0.29) is 18.9 Å². The van der Waals surface area contributed by atoms with Gasteiger partial charge in [0.05, 0.1) is 16.6 Å². The van der Waals surface area contributed by atoms with Gasteiger partial charge in [0.2, 0.25) is 0 Å². The largest absolute Gasteiger partial charge is 0.487 e. The molecule has 104 valence electrons. The van der Waals surface area contributed by atoms with Gasteiger partial charge in [-0.05, 0) is 35.4 Å². The van der Waals surface area contributed by atoms with E-state index >= 15 is 0 Å². The molecule has 0 heterocycles. The number of aliphatic hydroxyl groups excluding tert-OH is 1. The first-order chi connectivity index (χ1) is 9.60. The number of nitrogens with zero attached hydrogens (tertiary/aromatic N) is 1. The van der Waals surface area contributed by atoms with Gasteiger partial charge in [-0.3, -0.25) is 10.1 Å². The van der Waals surface area contributed by atoms with Crippen molar-refractivity contribution in [1.82, 2.24) is 0 Å². The van der Waals surface area contributed by atoms with Crippen molar-refractivity contribution in [3.8, 4) is 5.75 Å². The summed E-state index contributed by atoms with van der Waals surface area (Å²) in [5.74, 6) is 0.502. The Hall–Kier alpha value is -2.11. The number of non-ortho nitro benzene ring substituents is 1. The third kappa shape index (κ3) is 3.46. The molecule has 0 atom stereocenters. The molecule has 0 bridgehead atoms. The molecule has 5 nitrogen and oxygen atoms in total. The second-order valence-electron chi connectivity index (χ2n) is 4.14. The number of rotatable bonds is 5. The van der Waals surface area contributed by atoms with Crippen LogP contribution in [0.15, 0.2) is 42.5 Å². The molecule has 20 heavy (non-hydrogen) atoms. The lowest BCUT2D eigenvalue weighted by atomic mass is 10.2. The highest BCUT2D eigenvalue weighted by Crippen LogP contribution is 2.26. The van der Waals surface area contributed by atoms with Crippen LogP contribution >= 0.6 is 11.6 Å². The molecule has 1 N–H and O–H groups in total. The Morgan fingerprint density at radius 3 is 2.35 bits per heavy atom. The van der Waals surface area contributed by atoms with E-state index < -0.39 is 4.92 Å². The van der Waals surface area contributed by atoms with Crippen molar-refractivity contribution < 1.29 is 14.8 Å². The Morgan fingerprint density at radius 1 is 1.15 bits per heavy atom. The van der Waals surface area contributed by atoms with Crippen LogP contribution in [0.4, 0.5) is 5.69 Å². The van der Waals surface area contributed by atoms with Crippen molar-refractivity contribution in [3.05, 3.63) is 68.7 Å². The highest BCUT2D eigenvalue weighted by molar-refractivity contribution is 6.32. The predicted octanol–water partition coefficient (Wildman–Crippen LogP) is 3.32. The first kappa shape index (κ1) is 14.3. The molecule has 0 aliphatic rings. The Bertz CT molecular complexity index is 613. The fourth-order valence-electron chi connectivity index (χ4n) is 1.63. The summed E-state index contributed by atoms with van der Waals surface area (Å²) in [6.07, 6.45) is 0. The number of hydrogen-bond donors (Lipinski definition) is 1. The maximum absolute atomic E-state index is 10.5. The molecule has 0 saturated heterocycles. The Kier molecular flexibility index (Phi) is 4.55. The smallest absolute Gasteiger partial charge is 0.269 e. The van der Waals surface area contributed by atoms with Crippen LogP contribution in [0.1, 0.15) is 11.1 Å². The zero-order valence-electron chi connectivity index (χ0n) is 10.5. The number of ether oxygens (including phenoxy) is 1. The first-order valence-corrected chi connectivity index (χ1v) is 6.23. The highest BCUT2D eigenvalue weighted by Gasteiger charge is 2.06. The van der Waals surface area contributed by atoms with Crippen LogP contribution in [0.2, 0.25) is 5.02 Å². The first-order valence-electron chi connectivity index (χ1n) is 5.85. The van der Waals surface area contributed by atoms with Gasteiger partial charge in [0.25, 0.3) is 5.69 Å². The van der Waals surface area contributed by atoms with Crippen molar-refractivity contribution in [2.45, 2.75) is 13.2 Å². The summed E-state index contributed by atoms with van der Waals surface area (Å²) in [5.41, 5.74) is 1.55. The van der Waals surface area contributed by atoms with Crippen LogP contribution in [0.3, 0.4) is 0 Å². The zero-order valence-corrected chi connectivity index (χ0v) is 11.2. The van der Waals surface area contributed by atoms with E-state index in [2.05, 4.69) is 0 Å². The van der Waals surface area contributed by atoms with Gasteiger partial charge in [-0.2, -0.15) is 0 Å². The van der Waals surface area contributed by atoms with Crippen LogP contribution in [0.25, 0.3) is 0 Å². The van der Waals surface area contributed by atoms with Gasteiger partial charge >= 0.3 is 0 Å². The maximum atomic E-state index is 10.5. The minimum absolute atomic E-state index is 0.0408. The van der Waals surface area contributed by atoms with Crippen LogP contribution in [-0.4, -0.2) is 10.0 Å².